The lowest BCUT2D eigenvalue weighted by atomic mass is 10.1. The van der Waals surface area contributed by atoms with Gasteiger partial charge in [-0.3, -0.25) is 9.69 Å². The second kappa shape index (κ2) is 5.72. The van der Waals surface area contributed by atoms with Crippen molar-refractivity contribution in [3.63, 3.8) is 0 Å². The van der Waals surface area contributed by atoms with E-state index in [9.17, 15) is 4.79 Å². The van der Waals surface area contributed by atoms with Crippen molar-refractivity contribution in [3.05, 3.63) is 35.9 Å². The molecule has 0 spiro atoms. The van der Waals surface area contributed by atoms with E-state index in [4.69, 9.17) is 0 Å². The summed E-state index contributed by atoms with van der Waals surface area (Å²) in [5, 5.41) is 6.44. The van der Waals surface area contributed by atoms with Crippen molar-refractivity contribution < 1.29 is 4.79 Å². The molecule has 1 heterocycles. The van der Waals surface area contributed by atoms with Crippen molar-refractivity contribution in [2.45, 2.75) is 18.4 Å². The van der Waals surface area contributed by atoms with Gasteiger partial charge in [-0.15, -0.1) is 0 Å². The smallest absolute Gasteiger partial charge is 0.234 e. The second-order valence-corrected chi connectivity index (χ2v) is 5.45. The van der Waals surface area contributed by atoms with Gasteiger partial charge in [0.05, 0.1) is 6.54 Å². The maximum absolute atomic E-state index is 12.0. The number of piperazine rings is 1. The van der Waals surface area contributed by atoms with Crippen LogP contribution in [0.1, 0.15) is 17.9 Å². The molecule has 1 aromatic carbocycles. The number of hydrogen-bond acceptors (Lipinski definition) is 3. The summed E-state index contributed by atoms with van der Waals surface area (Å²) in [7, 11) is 0. The normalized spacial score (nSPS) is 26.9. The molecule has 102 valence electrons. The Bertz CT molecular complexity index is 428. The van der Waals surface area contributed by atoms with Gasteiger partial charge in [0.25, 0.3) is 0 Å². The minimum absolute atomic E-state index is 0.172. The summed E-state index contributed by atoms with van der Waals surface area (Å²) in [5.74, 6) is 0.693. The summed E-state index contributed by atoms with van der Waals surface area (Å²) < 4.78 is 0. The standard InChI is InChI=1S/C15H21N3O/c19-15(11-18-8-6-16-7-9-18)17-14-10-13(14)12-4-2-1-3-5-12/h1-5,13-14,16H,6-11H2,(H,17,19). The Morgan fingerprint density at radius 3 is 2.74 bits per heavy atom. The molecule has 1 aliphatic carbocycles. The number of benzene rings is 1. The zero-order chi connectivity index (χ0) is 13.1. The zero-order valence-corrected chi connectivity index (χ0v) is 11.1. The summed E-state index contributed by atoms with van der Waals surface area (Å²) in [4.78, 5) is 14.2. The van der Waals surface area contributed by atoms with Gasteiger partial charge in [0.15, 0.2) is 0 Å². The van der Waals surface area contributed by atoms with Crippen molar-refractivity contribution in [1.29, 1.82) is 0 Å². The van der Waals surface area contributed by atoms with Crippen LogP contribution in [0.3, 0.4) is 0 Å². The van der Waals surface area contributed by atoms with Gasteiger partial charge in [0, 0.05) is 38.1 Å². The highest BCUT2D eigenvalue weighted by molar-refractivity contribution is 5.79. The predicted molar refractivity (Wildman–Crippen MR) is 75.0 cm³/mol. The molecule has 2 N–H and O–H groups in total. The molecule has 19 heavy (non-hydrogen) atoms. The molecule has 1 saturated carbocycles. The first-order valence-electron chi connectivity index (χ1n) is 7.10. The Labute approximate surface area is 114 Å². The number of carbonyl (C=O) groups is 1. The van der Waals surface area contributed by atoms with Gasteiger partial charge in [0.1, 0.15) is 0 Å². The highest BCUT2D eigenvalue weighted by atomic mass is 16.2. The van der Waals surface area contributed by atoms with Gasteiger partial charge in [-0.25, -0.2) is 0 Å². The van der Waals surface area contributed by atoms with E-state index in [1.54, 1.807) is 0 Å². The lowest BCUT2D eigenvalue weighted by molar-refractivity contribution is -0.122. The second-order valence-electron chi connectivity index (χ2n) is 5.45. The van der Waals surface area contributed by atoms with Crippen molar-refractivity contribution >= 4 is 5.91 Å². The van der Waals surface area contributed by atoms with Crippen molar-refractivity contribution in [1.82, 2.24) is 15.5 Å². The Kier molecular flexibility index (Phi) is 3.80. The summed E-state index contributed by atoms with van der Waals surface area (Å²) >= 11 is 0. The van der Waals surface area contributed by atoms with Gasteiger partial charge in [0.2, 0.25) is 5.91 Å². The average Bonchev–Trinajstić information content (AvgIpc) is 3.20. The fraction of sp³-hybridized carbons (Fsp3) is 0.533. The molecular weight excluding hydrogens is 238 g/mol. The number of amides is 1. The first-order valence-corrected chi connectivity index (χ1v) is 7.10. The third kappa shape index (κ3) is 3.33. The van der Waals surface area contributed by atoms with E-state index in [0.717, 1.165) is 32.6 Å². The number of rotatable bonds is 4. The molecule has 4 nitrogen and oxygen atoms in total. The molecule has 2 aliphatic rings. The molecule has 0 radical (unpaired) electrons. The third-order valence-corrected chi connectivity index (χ3v) is 3.94. The van der Waals surface area contributed by atoms with Crippen LogP contribution >= 0.6 is 0 Å². The maximum atomic E-state index is 12.0. The van der Waals surface area contributed by atoms with E-state index in [1.807, 2.05) is 6.07 Å². The number of nitrogens with zero attached hydrogens (tertiary/aromatic N) is 1. The van der Waals surface area contributed by atoms with Crippen LogP contribution in [0, 0.1) is 0 Å². The molecule has 0 bridgehead atoms. The fourth-order valence-corrected chi connectivity index (χ4v) is 2.75. The summed E-state index contributed by atoms with van der Waals surface area (Å²) in [5.41, 5.74) is 1.34. The number of carbonyl (C=O) groups excluding carboxylic acids is 1. The van der Waals surface area contributed by atoms with Gasteiger partial charge in [-0.2, -0.15) is 0 Å². The Morgan fingerprint density at radius 1 is 1.26 bits per heavy atom. The van der Waals surface area contributed by atoms with Crippen molar-refractivity contribution in [2.75, 3.05) is 32.7 Å². The number of hydrogen-bond donors (Lipinski definition) is 2. The fourth-order valence-electron chi connectivity index (χ4n) is 2.75. The Morgan fingerprint density at radius 2 is 2.00 bits per heavy atom. The largest absolute Gasteiger partial charge is 0.352 e. The average molecular weight is 259 g/mol. The topological polar surface area (TPSA) is 44.4 Å². The van der Waals surface area contributed by atoms with Crippen LogP contribution in [0.4, 0.5) is 0 Å². The summed E-state index contributed by atoms with van der Waals surface area (Å²) in [6.07, 6.45) is 1.08. The minimum atomic E-state index is 0.172. The molecule has 3 rings (SSSR count). The third-order valence-electron chi connectivity index (χ3n) is 3.94. The van der Waals surface area contributed by atoms with E-state index in [1.165, 1.54) is 5.56 Å². The molecule has 1 amide bonds. The monoisotopic (exact) mass is 259 g/mol. The molecule has 2 atom stereocenters. The summed E-state index contributed by atoms with van der Waals surface area (Å²) in [6, 6.07) is 10.8. The summed E-state index contributed by atoms with van der Waals surface area (Å²) in [6.45, 7) is 4.47. The molecular formula is C15H21N3O. The van der Waals surface area contributed by atoms with Crippen LogP contribution in [0.2, 0.25) is 0 Å². The van der Waals surface area contributed by atoms with E-state index in [2.05, 4.69) is 39.8 Å². The van der Waals surface area contributed by atoms with E-state index in [-0.39, 0.29) is 5.91 Å². The first kappa shape index (κ1) is 12.6. The van der Waals surface area contributed by atoms with Crippen LogP contribution in [0.15, 0.2) is 30.3 Å². The van der Waals surface area contributed by atoms with Crippen LogP contribution in [0.5, 0.6) is 0 Å². The SMILES string of the molecule is O=C(CN1CCNCC1)NC1CC1c1ccccc1. The van der Waals surface area contributed by atoms with Crippen molar-refractivity contribution in [2.24, 2.45) is 0 Å². The van der Waals surface area contributed by atoms with Crippen LogP contribution < -0.4 is 10.6 Å². The molecule has 2 unspecified atom stereocenters. The molecule has 4 heteroatoms. The van der Waals surface area contributed by atoms with E-state index in [0.29, 0.717) is 18.5 Å². The lowest BCUT2D eigenvalue weighted by Gasteiger charge is -2.26. The van der Waals surface area contributed by atoms with E-state index < -0.39 is 0 Å². The number of nitrogens with one attached hydrogen (secondary N) is 2. The highest BCUT2D eigenvalue weighted by Gasteiger charge is 2.39. The van der Waals surface area contributed by atoms with E-state index >= 15 is 0 Å². The molecule has 0 aromatic heterocycles. The zero-order valence-electron chi connectivity index (χ0n) is 11.1. The van der Waals surface area contributed by atoms with Crippen LogP contribution in [0.25, 0.3) is 0 Å². The first-order chi connectivity index (χ1) is 9.33. The minimum Gasteiger partial charge on any atom is -0.352 e. The van der Waals surface area contributed by atoms with Gasteiger partial charge < -0.3 is 10.6 Å². The lowest BCUT2D eigenvalue weighted by Crippen LogP contribution is -2.47. The highest BCUT2D eigenvalue weighted by Crippen LogP contribution is 2.40. The van der Waals surface area contributed by atoms with Gasteiger partial charge in [-0.1, -0.05) is 30.3 Å². The quantitative estimate of drug-likeness (QED) is 0.830. The molecule has 1 aliphatic heterocycles. The van der Waals surface area contributed by atoms with Crippen molar-refractivity contribution in [3.8, 4) is 0 Å². The van der Waals surface area contributed by atoms with Crippen LogP contribution in [-0.2, 0) is 4.79 Å². The Balaban J connectivity index is 1.44. The maximum Gasteiger partial charge on any atom is 0.234 e. The Hall–Kier alpha value is -1.39. The van der Waals surface area contributed by atoms with Crippen LogP contribution in [-0.4, -0.2) is 49.6 Å². The molecule has 1 saturated heterocycles. The molecule has 2 fully saturated rings. The van der Waals surface area contributed by atoms with Gasteiger partial charge >= 0.3 is 0 Å². The predicted octanol–water partition coefficient (Wildman–Crippen LogP) is 0.564. The molecule has 1 aromatic rings. The van der Waals surface area contributed by atoms with Gasteiger partial charge in [-0.05, 0) is 12.0 Å².